The minimum Gasteiger partial charge on any atom is -0.497 e. The summed E-state index contributed by atoms with van der Waals surface area (Å²) >= 11 is 1.53. The number of thiophene rings is 1. The van der Waals surface area contributed by atoms with Crippen LogP contribution >= 0.6 is 11.3 Å². The largest absolute Gasteiger partial charge is 0.497 e. The standard InChI is InChI=1S/C20H14O3S/c1-22-14-10-8-13(9-11-14)20-18(17-7-4-12-24-17)19(21)15-5-2-3-6-16(15)23-20/h2-12H,1H3. The molecule has 0 bridgehead atoms. The second-order valence-electron chi connectivity index (χ2n) is 5.34. The zero-order chi connectivity index (χ0) is 16.5. The first-order valence-electron chi connectivity index (χ1n) is 7.52. The second kappa shape index (κ2) is 5.98. The molecule has 24 heavy (non-hydrogen) atoms. The van der Waals surface area contributed by atoms with E-state index in [0.29, 0.717) is 22.3 Å². The molecule has 3 nitrogen and oxygen atoms in total. The summed E-state index contributed by atoms with van der Waals surface area (Å²) in [6, 6.07) is 18.8. The number of methoxy groups -OCH3 is 1. The van der Waals surface area contributed by atoms with Crippen LogP contribution in [0.5, 0.6) is 5.75 Å². The van der Waals surface area contributed by atoms with Gasteiger partial charge in [-0.3, -0.25) is 4.79 Å². The second-order valence-corrected chi connectivity index (χ2v) is 6.28. The summed E-state index contributed by atoms with van der Waals surface area (Å²) in [6.45, 7) is 0. The Kier molecular flexibility index (Phi) is 3.67. The van der Waals surface area contributed by atoms with E-state index in [4.69, 9.17) is 9.15 Å². The normalized spacial score (nSPS) is 10.9. The van der Waals surface area contributed by atoms with Gasteiger partial charge >= 0.3 is 0 Å². The van der Waals surface area contributed by atoms with Crippen LogP contribution < -0.4 is 10.2 Å². The molecule has 0 atom stereocenters. The molecular formula is C20H14O3S. The third-order valence-electron chi connectivity index (χ3n) is 3.92. The maximum absolute atomic E-state index is 13.1. The summed E-state index contributed by atoms with van der Waals surface area (Å²) in [5.41, 5.74) is 2.04. The van der Waals surface area contributed by atoms with E-state index in [1.54, 1.807) is 13.2 Å². The van der Waals surface area contributed by atoms with Crippen molar-refractivity contribution in [2.24, 2.45) is 0 Å². The van der Waals surface area contributed by atoms with Crippen molar-refractivity contribution in [3.05, 3.63) is 76.3 Å². The lowest BCUT2D eigenvalue weighted by molar-refractivity contribution is 0.415. The topological polar surface area (TPSA) is 39.4 Å². The van der Waals surface area contributed by atoms with Crippen LogP contribution in [0.25, 0.3) is 32.7 Å². The Balaban J connectivity index is 2.05. The molecule has 0 spiro atoms. The maximum atomic E-state index is 13.1. The molecular weight excluding hydrogens is 320 g/mol. The predicted octanol–water partition coefficient (Wildman–Crippen LogP) is 5.20. The molecule has 4 rings (SSSR count). The first-order chi connectivity index (χ1) is 11.8. The van der Waals surface area contributed by atoms with Crippen molar-refractivity contribution in [2.45, 2.75) is 0 Å². The van der Waals surface area contributed by atoms with Crippen LogP contribution in [0, 0.1) is 0 Å². The summed E-state index contributed by atoms with van der Waals surface area (Å²) < 4.78 is 11.3. The Bertz CT molecular complexity index is 1040. The molecule has 0 saturated heterocycles. The number of para-hydroxylation sites is 1. The van der Waals surface area contributed by atoms with Gasteiger partial charge in [0.2, 0.25) is 5.43 Å². The summed E-state index contributed by atoms with van der Waals surface area (Å²) in [6.07, 6.45) is 0. The molecule has 0 saturated carbocycles. The Morgan fingerprint density at radius 3 is 2.46 bits per heavy atom. The molecule has 0 unspecified atom stereocenters. The van der Waals surface area contributed by atoms with Crippen LogP contribution in [-0.4, -0.2) is 7.11 Å². The average molecular weight is 334 g/mol. The van der Waals surface area contributed by atoms with E-state index in [0.717, 1.165) is 16.2 Å². The number of benzene rings is 2. The monoisotopic (exact) mass is 334 g/mol. The third kappa shape index (κ3) is 2.41. The Morgan fingerprint density at radius 1 is 0.958 bits per heavy atom. The minimum absolute atomic E-state index is 0.00915. The van der Waals surface area contributed by atoms with Gasteiger partial charge in [0.1, 0.15) is 17.1 Å². The van der Waals surface area contributed by atoms with Gasteiger partial charge in [0.15, 0.2) is 0 Å². The molecule has 118 valence electrons. The van der Waals surface area contributed by atoms with Crippen molar-refractivity contribution >= 4 is 22.3 Å². The third-order valence-corrected chi connectivity index (χ3v) is 4.80. The van der Waals surface area contributed by atoms with Crippen molar-refractivity contribution in [1.82, 2.24) is 0 Å². The van der Waals surface area contributed by atoms with Gasteiger partial charge in [0.25, 0.3) is 0 Å². The van der Waals surface area contributed by atoms with Crippen molar-refractivity contribution < 1.29 is 9.15 Å². The fraction of sp³-hybridized carbons (Fsp3) is 0.0500. The smallest absolute Gasteiger partial charge is 0.201 e. The Morgan fingerprint density at radius 2 is 1.75 bits per heavy atom. The van der Waals surface area contributed by atoms with Crippen molar-refractivity contribution in [3.8, 4) is 27.5 Å². The van der Waals surface area contributed by atoms with Crippen LogP contribution in [-0.2, 0) is 0 Å². The summed E-state index contributed by atoms with van der Waals surface area (Å²) in [5.74, 6) is 1.35. The van der Waals surface area contributed by atoms with E-state index in [9.17, 15) is 4.79 Å². The quantitative estimate of drug-likeness (QED) is 0.517. The lowest BCUT2D eigenvalue weighted by Gasteiger charge is -2.09. The summed E-state index contributed by atoms with van der Waals surface area (Å²) in [4.78, 5) is 14.0. The molecule has 2 aromatic carbocycles. The Labute approximate surface area is 142 Å². The molecule has 4 aromatic rings. The van der Waals surface area contributed by atoms with Crippen LogP contribution in [0.15, 0.2) is 75.3 Å². The highest BCUT2D eigenvalue weighted by Gasteiger charge is 2.18. The number of fused-ring (bicyclic) bond motifs is 1. The van der Waals surface area contributed by atoms with Crippen LogP contribution in [0.2, 0.25) is 0 Å². The van der Waals surface area contributed by atoms with E-state index in [1.165, 1.54) is 11.3 Å². The molecule has 4 heteroatoms. The van der Waals surface area contributed by atoms with Crippen LogP contribution in [0.3, 0.4) is 0 Å². The SMILES string of the molecule is COc1ccc(-c2oc3ccccc3c(=O)c2-c2cccs2)cc1. The van der Waals surface area contributed by atoms with E-state index < -0.39 is 0 Å². The first-order valence-corrected chi connectivity index (χ1v) is 8.40. The van der Waals surface area contributed by atoms with E-state index >= 15 is 0 Å². The molecule has 0 aliphatic carbocycles. The summed E-state index contributed by atoms with van der Waals surface area (Å²) in [5, 5.41) is 2.56. The molecule has 2 heterocycles. The van der Waals surface area contributed by atoms with Gasteiger partial charge in [-0.05, 0) is 47.8 Å². The van der Waals surface area contributed by atoms with Crippen molar-refractivity contribution in [1.29, 1.82) is 0 Å². The van der Waals surface area contributed by atoms with Gasteiger partial charge in [-0.1, -0.05) is 18.2 Å². The molecule has 0 aliphatic rings. The zero-order valence-electron chi connectivity index (χ0n) is 13.0. The highest BCUT2D eigenvalue weighted by atomic mass is 32.1. The summed E-state index contributed by atoms with van der Waals surface area (Å²) in [7, 11) is 1.63. The highest BCUT2D eigenvalue weighted by molar-refractivity contribution is 7.13. The number of rotatable bonds is 3. The van der Waals surface area contributed by atoms with Crippen LogP contribution in [0.4, 0.5) is 0 Å². The molecule has 2 aromatic heterocycles. The highest BCUT2D eigenvalue weighted by Crippen LogP contribution is 2.35. The molecule has 0 N–H and O–H groups in total. The van der Waals surface area contributed by atoms with Gasteiger partial charge in [-0.15, -0.1) is 11.3 Å². The predicted molar refractivity (Wildman–Crippen MR) is 97.8 cm³/mol. The van der Waals surface area contributed by atoms with E-state index in [1.807, 2.05) is 60.0 Å². The molecule has 0 aliphatic heterocycles. The van der Waals surface area contributed by atoms with Crippen molar-refractivity contribution in [2.75, 3.05) is 7.11 Å². The number of ether oxygens (including phenoxy) is 1. The van der Waals surface area contributed by atoms with Crippen molar-refractivity contribution in [3.63, 3.8) is 0 Å². The van der Waals surface area contributed by atoms with Crippen LogP contribution in [0.1, 0.15) is 0 Å². The number of hydrogen-bond donors (Lipinski definition) is 0. The average Bonchev–Trinajstić information content (AvgIpc) is 3.16. The van der Waals surface area contributed by atoms with Gasteiger partial charge in [-0.25, -0.2) is 0 Å². The van der Waals surface area contributed by atoms with Gasteiger partial charge in [0, 0.05) is 10.4 Å². The molecule has 0 fully saturated rings. The Hall–Kier alpha value is -2.85. The zero-order valence-corrected chi connectivity index (χ0v) is 13.8. The lowest BCUT2D eigenvalue weighted by Crippen LogP contribution is -2.06. The van der Waals surface area contributed by atoms with Gasteiger partial charge in [0.05, 0.1) is 18.1 Å². The van der Waals surface area contributed by atoms with Gasteiger partial charge in [-0.2, -0.15) is 0 Å². The first kappa shape index (κ1) is 14.7. The number of hydrogen-bond acceptors (Lipinski definition) is 4. The van der Waals surface area contributed by atoms with E-state index in [2.05, 4.69) is 0 Å². The molecule has 0 radical (unpaired) electrons. The fourth-order valence-corrected chi connectivity index (χ4v) is 3.50. The maximum Gasteiger partial charge on any atom is 0.201 e. The fourth-order valence-electron chi connectivity index (χ4n) is 2.73. The minimum atomic E-state index is -0.00915. The lowest BCUT2D eigenvalue weighted by atomic mass is 10.0. The molecule has 0 amide bonds. The van der Waals surface area contributed by atoms with Gasteiger partial charge < -0.3 is 9.15 Å². The van der Waals surface area contributed by atoms with E-state index in [-0.39, 0.29) is 5.43 Å².